The first-order valence-corrected chi connectivity index (χ1v) is 6.89. The van der Waals surface area contributed by atoms with Crippen molar-refractivity contribution in [2.24, 2.45) is 17.6 Å². The molecule has 0 saturated carbocycles. The highest BCUT2D eigenvalue weighted by Crippen LogP contribution is 2.10. The summed E-state index contributed by atoms with van der Waals surface area (Å²) in [6.07, 6.45) is 2.15. The van der Waals surface area contributed by atoms with E-state index in [1.165, 1.54) is 0 Å². The predicted octanol–water partition coefficient (Wildman–Crippen LogP) is 2.18. The normalized spacial score (nSPS) is 15.4. The molecule has 4 nitrogen and oxygen atoms in total. The van der Waals surface area contributed by atoms with Crippen molar-refractivity contribution in [2.75, 3.05) is 19.6 Å². The van der Waals surface area contributed by atoms with E-state index < -0.39 is 11.5 Å². The summed E-state index contributed by atoms with van der Waals surface area (Å²) >= 11 is 0. The molecule has 0 aromatic rings. The number of hydrogen-bond donors (Lipinski definition) is 2. The van der Waals surface area contributed by atoms with E-state index in [0.717, 1.165) is 25.9 Å². The van der Waals surface area contributed by atoms with Crippen LogP contribution in [0.1, 0.15) is 47.5 Å². The SMILES string of the molecule is CC(C)CCN(CCC(C)C)CC(C)(N)C(=O)O. The molecule has 108 valence electrons. The van der Waals surface area contributed by atoms with Crippen LogP contribution in [-0.2, 0) is 4.79 Å². The van der Waals surface area contributed by atoms with E-state index in [9.17, 15) is 4.79 Å². The summed E-state index contributed by atoms with van der Waals surface area (Å²) in [6.45, 7) is 12.6. The lowest BCUT2D eigenvalue weighted by Crippen LogP contribution is -2.54. The molecule has 0 saturated heterocycles. The fourth-order valence-electron chi connectivity index (χ4n) is 1.68. The second kappa shape index (κ2) is 7.74. The Balaban J connectivity index is 4.40. The number of carbonyl (C=O) groups is 1. The first-order chi connectivity index (χ1) is 8.15. The highest BCUT2D eigenvalue weighted by atomic mass is 16.4. The third-order valence-electron chi connectivity index (χ3n) is 3.09. The third-order valence-corrected chi connectivity index (χ3v) is 3.09. The lowest BCUT2D eigenvalue weighted by Gasteiger charge is -2.30. The van der Waals surface area contributed by atoms with Gasteiger partial charge in [0.2, 0.25) is 0 Å². The Kier molecular flexibility index (Phi) is 7.48. The van der Waals surface area contributed by atoms with Crippen molar-refractivity contribution in [3.05, 3.63) is 0 Å². The molecule has 0 aliphatic rings. The summed E-state index contributed by atoms with van der Waals surface area (Å²) < 4.78 is 0. The number of rotatable bonds is 9. The average molecular weight is 258 g/mol. The number of nitrogens with two attached hydrogens (primary N) is 1. The van der Waals surface area contributed by atoms with Gasteiger partial charge in [-0.25, -0.2) is 0 Å². The van der Waals surface area contributed by atoms with Gasteiger partial charge in [0, 0.05) is 6.54 Å². The average Bonchev–Trinajstić information content (AvgIpc) is 2.21. The molecular weight excluding hydrogens is 228 g/mol. The van der Waals surface area contributed by atoms with Gasteiger partial charge in [-0.1, -0.05) is 27.7 Å². The minimum atomic E-state index is -1.16. The third kappa shape index (κ3) is 7.67. The number of carboxylic acids is 1. The predicted molar refractivity (Wildman–Crippen MR) is 75.6 cm³/mol. The van der Waals surface area contributed by atoms with Crippen LogP contribution in [-0.4, -0.2) is 41.1 Å². The van der Waals surface area contributed by atoms with E-state index in [1.54, 1.807) is 6.92 Å². The van der Waals surface area contributed by atoms with Crippen LogP contribution in [0.5, 0.6) is 0 Å². The van der Waals surface area contributed by atoms with Gasteiger partial charge in [-0.3, -0.25) is 4.79 Å². The molecule has 0 aliphatic heterocycles. The van der Waals surface area contributed by atoms with E-state index in [1.807, 2.05) is 0 Å². The van der Waals surface area contributed by atoms with E-state index in [-0.39, 0.29) is 0 Å². The molecule has 3 N–H and O–H groups in total. The van der Waals surface area contributed by atoms with Crippen LogP contribution in [0.4, 0.5) is 0 Å². The van der Waals surface area contributed by atoms with Gasteiger partial charge in [0.25, 0.3) is 0 Å². The van der Waals surface area contributed by atoms with Crippen molar-refractivity contribution in [3.63, 3.8) is 0 Å². The number of nitrogens with zero attached hydrogens (tertiary/aromatic N) is 1. The topological polar surface area (TPSA) is 66.6 Å². The Morgan fingerprint density at radius 3 is 1.83 bits per heavy atom. The summed E-state index contributed by atoms with van der Waals surface area (Å²) in [6, 6.07) is 0. The van der Waals surface area contributed by atoms with Crippen molar-refractivity contribution in [1.29, 1.82) is 0 Å². The standard InChI is InChI=1S/C14H30N2O2/c1-11(2)6-8-16(9-7-12(3)4)10-14(5,15)13(17)18/h11-12H,6-10,15H2,1-5H3,(H,17,18). The maximum absolute atomic E-state index is 11.1. The van der Waals surface area contributed by atoms with Crippen molar-refractivity contribution in [3.8, 4) is 0 Å². The molecule has 0 heterocycles. The van der Waals surface area contributed by atoms with E-state index in [2.05, 4.69) is 32.6 Å². The van der Waals surface area contributed by atoms with Crippen LogP contribution in [0.3, 0.4) is 0 Å². The molecule has 0 radical (unpaired) electrons. The Morgan fingerprint density at radius 2 is 1.56 bits per heavy atom. The molecule has 18 heavy (non-hydrogen) atoms. The van der Waals surface area contributed by atoms with E-state index >= 15 is 0 Å². The summed E-state index contributed by atoms with van der Waals surface area (Å²) in [7, 11) is 0. The molecule has 0 aliphatic carbocycles. The summed E-state index contributed by atoms with van der Waals surface area (Å²) in [5.41, 5.74) is 4.67. The van der Waals surface area contributed by atoms with Gasteiger partial charge in [-0.05, 0) is 44.7 Å². The van der Waals surface area contributed by atoms with Crippen LogP contribution >= 0.6 is 0 Å². The Hall–Kier alpha value is -0.610. The maximum Gasteiger partial charge on any atom is 0.324 e. The molecular formula is C14H30N2O2. The van der Waals surface area contributed by atoms with Gasteiger partial charge in [0.1, 0.15) is 5.54 Å². The molecule has 0 amide bonds. The summed E-state index contributed by atoms with van der Waals surface area (Å²) in [5, 5.41) is 9.09. The van der Waals surface area contributed by atoms with Gasteiger partial charge < -0.3 is 15.7 Å². The minimum Gasteiger partial charge on any atom is -0.480 e. The van der Waals surface area contributed by atoms with Crippen LogP contribution in [0.25, 0.3) is 0 Å². The minimum absolute atomic E-state index is 0.418. The monoisotopic (exact) mass is 258 g/mol. The highest BCUT2D eigenvalue weighted by molar-refractivity contribution is 5.78. The second-order valence-corrected chi connectivity index (χ2v) is 6.36. The molecule has 1 unspecified atom stereocenters. The maximum atomic E-state index is 11.1. The molecule has 0 spiro atoms. The molecule has 1 atom stereocenters. The molecule has 0 bridgehead atoms. The number of aliphatic carboxylic acids is 1. The molecule has 0 fully saturated rings. The Bertz CT molecular complexity index is 238. The smallest absolute Gasteiger partial charge is 0.324 e. The quantitative estimate of drug-likeness (QED) is 0.665. The van der Waals surface area contributed by atoms with Crippen molar-refractivity contribution < 1.29 is 9.90 Å². The zero-order chi connectivity index (χ0) is 14.3. The first kappa shape index (κ1) is 17.4. The van der Waals surface area contributed by atoms with Gasteiger partial charge >= 0.3 is 5.97 Å². The second-order valence-electron chi connectivity index (χ2n) is 6.36. The van der Waals surface area contributed by atoms with Gasteiger partial charge in [0.05, 0.1) is 0 Å². The zero-order valence-electron chi connectivity index (χ0n) is 12.6. The van der Waals surface area contributed by atoms with E-state index in [0.29, 0.717) is 18.4 Å². The number of hydrogen-bond acceptors (Lipinski definition) is 3. The molecule has 4 heteroatoms. The number of carboxylic acid groups (broad SMARTS) is 1. The fraction of sp³-hybridized carbons (Fsp3) is 0.929. The Morgan fingerprint density at radius 1 is 1.17 bits per heavy atom. The van der Waals surface area contributed by atoms with Crippen LogP contribution in [0.15, 0.2) is 0 Å². The lowest BCUT2D eigenvalue weighted by atomic mass is 10.0. The fourth-order valence-corrected chi connectivity index (χ4v) is 1.68. The highest BCUT2D eigenvalue weighted by Gasteiger charge is 2.30. The molecule has 0 aromatic heterocycles. The van der Waals surface area contributed by atoms with Gasteiger partial charge in [-0.2, -0.15) is 0 Å². The van der Waals surface area contributed by atoms with Crippen LogP contribution in [0.2, 0.25) is 0 Å². The zero-order valence-corrected chi connectivity index (χ0v) is 12.6. The largest absolute Gasteiger partial charge is 0.480 e. The Labute approximate surface area is 112 Å². The van der Waals surface area contributed by atoms with Crippen LogP contribution < -0.4 is 5.73 Å². The molecule has 0 rings (SSSR count). The van der Waals surface area contributed by atoms with E-state index in [4.69, 9.17) is 10.8 Å². The summed E-state index contributed by atoms with van der Waals surface area (Å²) in [4.78, 5) is 13.3. The van der Waals surface area contributed by atoms with Crippen LogP contribution in [0, 0.1) is 11.8 Å². The van der Waals surface area contributed by atoms with Gasteiger partial charge in [0.15, 0.2) is 0 Å². The van der Waals surface area contributed by atoms with Crippen molar-refractivity contribution in [2.45, 2.75) is 53.0 Å². The molecule has 0 aromatic carbocycles. The van der Waals surface area contributed by atoms with Crippen molar-refractivity contribution >= 4 is 5.97 Å². The first-order valence-electron chi connectivity index (χ1n) is 6.89. The van der Waals surface area contributed by atoms with Gasteiger partial charge in [-0.15, -0.1) is 0 Å². The summed E-state index contributed by atoms with van der Waals surface area (Å²) in [5.74, 6) is 0.322. The lowest BCUT2D eigenvalue weighted by molar-refractivity contribution is -0.143. The van der Waals surface area contributed by atoms with Crippen molar-refractivity contribution in [1.82, 2.24) is 4.90 Å².